The van der Waals surface area contributed by atoms with Gasteiger partial charge in [0.1, 0.15) is 5.82 Å². The number of nitrogens with zero attached hydrogens (tertiary/aromatic N) is 4. The molecular weight excluding hydrogens is 364 g/mol. The van der Waals surface area contributed by atoms with Gasteiger partial charge in [0.05, 0.1) is 12.2 Å². The van der Waals surface area contributed by atoms with Gasteiger partial charge < -0.3 is 5.11 Å². The number of aromatic hydroxyl groups is 1. The molecule has 1 N–H and O–H groups in total. The zero-order chi connectivity index (χ0) is 20.4. The molecule has 1 aromatic carbocycles. The monoisotopic (exact) mass is 386 g/mol. The van der Waals surface area contributed by atoms with Crippen molar-refractivity contribution in [3.63, 3.8) is 0 Å². The summed E-state index contributed by atoms with van der Waals surface area (Å²) in [6.07, 6.45) is 5.10. The first kappa shape index (κ1) is 18.7. The van der Waals surface area contributed by atoms with Crippen LogP contribution in [0.15, 0.2) is 78.0 Å². The van der Waals surface area contributed by atoms with Crippen LogP contribution in [-0.2, 0) is 6.54 Å². The first-order valence-corrected chi connectivity index (χ1v) is 9.51. The number of aromatic nitrogens is 4. The van der Waals surface area contributed by atoms with Crippen LogP contribution in [0.4, 0.5) is 0 Å². The van der Waals surface area contributed by atoms with Crippen LogP contribution in [0.3, 0.4) is 0 Å². The third-order valence-corrected chi connectivity index (χ3v) is 4.87. The average molecular weight is 386 g/mol. The van der Waals surface area contributed by atoms with E-state index in [0.717, 1.165) is 16.7 Å². The van der Waals surface area contributed by atoms with Crippen LogP contribution in [0.25, 0.3) is 16.9 Å². The Balaban J connectivity index is 1.78. The molecule has 0 aliphatic rings. The fourth-order valence-electron chi connectivity index (χ4n) is 3.47. The van der Waals surface area contributed by atoms with Crippen molar-refractivity contribution < 1.29 is 5.11 Å². The van der Waals surface area contributed by atoms with Gasteiger partial charge in [0.25, 0.3) is 0 Å². The summed E-state index contributed by atoms with van der Waals surface area (Å²) < 4.78 is 2.87. The largest absolute Gasteiger partial charge is 0.493 e. The minimum atomic E-state index is -0.317. The Bertz CT molecular complexity index is 1160. The van der Waals surface area contributed by atoms with Crippen LogP contribution in [0.1, 0.15) is 31.0 Å². The highest BCUT2D eigenvalue weighted by molar-refractivity contribution is 5.62. The fraction of sp³-hybridized carbons (Fsp3) is 0.174. The maximum atomic E-state index is 13.2. The predicted molar refractivity (Wildman–Crippen MR) is 112 cm³/mol. The van der Waals surface area contributed by atoms with Crippen LogP contribution in [-0.4, -0.2) is 24.2 Å². The van der Waals surface area contributed by atoms with E-state index in [1.807, 2.05) is 62.4 Å². The summed E-state index contributed by atoms with van der Waals surface area (Å²) >= 11 is 0. The van der Waals surface area contributed by atoms with Crippen molar-refractivity contribution in [2.24, 2.45) is 0 Å². The lowest BCUT2D eigenvalue weighted by atomic mass is 10.1. The molecule has 0 spiro atoms. The number of hydrogen-bond acceptors (Lipinski definition) is 4. The number of imidazole rings is 1. The topological polar surface area (TPSA) is 72.9 Å². The van der Waals surface area contributed by atoms with Crippen molar-refractivity contribution in [3.05, 3.63) is 94.9 Å². The Morgan fingerprint density at radius 3 is 2.31 bits per heavy atom. The van der Waals surface area contributed by atoms with Gasteiger partial charge in [-0.05, 0) is 41.3 Å². The Morgan fingerprint density at radius 2 is 1.69 bits per heavy atom. The first-order chi connectivity index (χ1) is 14.1. The van der Waals surface area contributed by atoms with Crippen molar-refractivity contribution in [2.75, 3.05) is 0 Å². The molecule has 146 valence electrons. The lowest BCUT2D eigenvalue weighted by Crippen LogP contribution is -2.25. The molecule has 6 nitrogen and oxygen atoms in total. The van der Waals surface area contributed by atoms with Gasteiger partial charge in [-0.1, -0.05) is 44.2 Å². The van der Waals surface area contributed by atoms with Crippen molar-refractivity contribution in [2.45, 2.75) is 26.3 Å². The van der Waals surface area contributed by atoms with Crippen molar-refractivity contribution >= 4 is 0 Å². The normalized spacial score (nSPS) is 11.1. The summed E-state index contributed by atoms with van der Waals surface area (Å²) in [6.45, 7) is 4.26. The number of hydrogen-bond donors (Lipinski definition) is 1. The van der Waals surface area contributed by atoms with E-state index in [1.165, 1.54) is 4.57 Å². The predicted octanol–water partition coefficient (Wildman–Crippen LogP) is 3.97. The van der Waals surface area contributed by atoms with Crippen molar-refractivity contribution in [1.82, 2.24) is 19.1 Å². The van der Waals surface area contributed by atoms with E-state index in [1.54, 1.807) is 29.2 Å². The Labute approximate surface area is 168 Å². The van der Waals surface area contributed by atoms with E-state index in [2.05, 4.69) is 9.97 Å². The lowest BCUT2D eigenvalue weighted by molar-refractivity contribution is 0.429. The maximum absolute atomic E-state index is 13.2. The Hall–Kier alpha value is -3.67. The summed E-state index contributed by atoms with van der Waals surface area (Å²) in [5.41, 5.74) is 3.20. The molecule has 0 unspecified atom stereocenters. The molecule has 0 aliphatic heterocycles. The zero-order valence-electron chi connectivity index (χ0n) is 16.4. The average Bonchev–Trinajstić information content (AvgIpc) is 2.99. The van der Waals surface area contributed by atoms with Gasteiger partial charge >= 0.3 is 5.69 Å². The van der Waals surface area contributed by atoms with Gasteiger partial charge in [-0.2, -0.15) is 0 Å². The van der Waals surface area contributed by atoms with E-state index in [4.69, 9.17) is 0 Å². The molecule has 3 aromatic heterocycles. The molecule has 0 bridgehead atoms. The summed E-state index contributed by atoms with van der Waals surface area (Å²) in [5.74, 6) is 0.288. The van der Waals surface area contributed by atoms with E-state index < -0.39 is 0 Å². The highest BCUT2D eigenvalue weighted by atomic mass is 16.3. The smallest absolute Gasteiger partial charge is 0.337 e. The highest BCUT2D eigenvalue weighted by Gasteiger charge is 2.23. The maximum Gasteiger partial charge on any atom is 0.337 e. The first-order valence-electron chi connectivity index (χ1n) is 9.51. The highest BCUT2D eigenvalue weighted by Crippen LogP contribution is 2.28. The summed E-state index contributed by atoms with van der Waals surface area (Å²) in [5, 5.41) is 10.9. The molecule has 4 rings (SSSR count). The van der Waals surface area contributed by atoms with Gasteiger partial charge in [0.15, 0.2) is 0 Å². The van der Waals surface area contributed by atoms with E-state index in [-0.39, 0.29) is 17.5 Å². The molecule has 0 saturated heterocycles. The second-order valence-electron chi connectivity index (χ2n) is 7.19. The molecule has 0 saturated carbocycles. The van der Waals surface area contributed by atoms with Gasteiger partial charge in [0.2, 0.25) is 5.88 Å². The molecule has 0 radical (unpaired) electrons. The number of rotatable bonds is 5. The van der Waals surface area contributed by atoms with E-state index in [0.29, 0.717) is 18.1 Å². The third-order valence-electron chi connectivity index (χ3n) is 4.87. The summed E-state index contributed by atoms with van der Waals surface area (Å²) in [4.78, 5) is 21.7. The SMILES string of the molecule is CC(C)c1c(O)n(-c2ccc(-c3ccccc3)cn2)c(=O)n1Cc1ccncc1. The lowest BCUT2D eigenvalue weighted by Gasteiger charge is -2.10. The van der Waals surface area contributed by atoms with E-state index in [9.17, 15) is 9.90 Å². The fourth-order valence-corrected chi connectivity index (χ4v) is 3.47. The van der Waals surface area contributed by atoms with E-state index >= 15 is 0 Å². The Morgan fingerprint density at radius 1 is 0.966 bits per heavy atom. The molecule has 29 heavy (non-hydrogen) atoms. The summed E-state index contributed by atoms with van der Waals surface area (Å²) in [7, 11) is 0. The van der Waals surface area contributed by atoms with Crippen LogP contribution in [0, 0.1) is 0 Å². The van der Waals surface area contributed by atoms with Crippen LogP contribution < -0.4 is 5.69 Å². The standard InChI is InChI=1S/C23H22N4O2/c1-16(2)21-22(28)27(23(29)26(21)15-17-10-12-24-13-11-17)20-9-8-19(14-25-20)18-6-4-3-5-7-18/h3-14,16,28H,15H2,1-2H3. The minimum Gasteiger partial charge on any atom is -0.493 e. The molecule has 6 heteroatoms. The molecule has 0 atom stereocenters. The molecule has 0 aliphatic carbocycles. The van der Waals surface area contributed by atoms with Gasteiger partial charge in [0, 0.05) is 24.2 Å². The second-order valence-corrected chi connectivity index (χ2v) is 7.19. The quantitative estimate of drug-likeness (QED) is 0.563. The third kappa shape index (κ3) is 3.57. The second kappa shape index (κ2) is 7.75. The van der Waals surface area contributed by atoms with Crippen LogP contribution in [0.5, 0.6) is 5.88 Å². The number of benzene rings is 1. The zero-order valence-corrected chi connectivity index (χ0v) is 16.4. The minimum absolute atomic E-state index is 0.0330. The molecule has 0 amide bonds. The molecule has 0 fully saturated rings. The van der Waals surface area contributed by atoms with Gasteiger partial charge in [-0.25, -0.2) is 14.3 Å². The Kier molecular flexibility index (Phi) is 4.99. The summed E-state index contributed by atoms with van der Waals surface area (Å²) in [6, 6.07) is 17.3. The van der Waals surface area contributed by atoms with Gasteiger partial charge in [-0.15, -0.1) is 0 Å². The number of pyridine rings is 2. The van der Waals surface area contributed by atoms with Gasteiger partial charge in [-0.3, -0.25) is 9.55 Å². The molecule has 3 heterocycles. The van der Waals surface area contributed by atoms with Crippen molar-refractivity contribution in [1.29, 1.82) is 0 Å². The van der Waals surface area contributed by atoms with Crippen LogP contribution >= 0.6 is 0 Å². The molecule has 4 aromatic rings. The molecular formula is C23H22N4O2. The van der Waals surface area contributed by atoms with Crippen molar-refractivity contribution in [3.8, 4) is 22.8 Å². The van der Waals surface area contributed by atoms with Crippen LogP contribution in [0.2, 0.25) is 0 Å².